The van der Waals surface area contributed by atoms with Crippen molar-refractivity contribution in [3.8, 4) is 0 Å². The Morgan fingerprint density at radius 2 is 2.12 bits per heavy atom. The topological polar surface area (TPSA) is 103 Å². The summed E-state index contributed by atoms with van der Waals surface area (Å²) >= 11 is 7.53. The number of esters is 1. The highest BCUT2D eigenvalue weighted by Gasteiger charge is 2.36. The standard InChI is InChI=1S/C21H15ClN4O5S/c22-20-14(25-7-10-32-21(25)23-20)5-6-19(28)31-12-18(27)26-15(17-4-2-9-30-17)11-13(24-26)16-3-1-8-29-16/h1-10,15H,11-12H2/b6-5+/t15-/m1/s1. The molecule has 5 heterocycles. The quantitative estimate of drug-likeness (QED) is 0.309. The second kappa shape index (κ2) is 8.48. The van der Waals surface area contributed by atoms with Crippen molar-refractivity contribution < 1.29 is 23.2 Å². The SMILES string of the molecule is O=C(/C=C/c1c(Cl)nc2sccn12)OCC(=O)N1N=C(c2ccco2)C[C@@H]1c1ccco1. The third kappa shape index (κ3) is 3.85. The lowest BCUT2D eigenvalue weighted by atomic mass is 10.1. The minimum Gasteiger partial charge on any atom is -0.467 e. The Morgan fingerprint density at radius 3 is 2.91 bits per heavy atom. The first-order valence-electron chi connectivity index (χ1n) is 9.53. The van der Waals surface area contributed by atoms with Gasteiger partial charge in [-0.2, -0.15) is 5.10 Å². The van der Waals surface area contributed by atoms with Gasteiger partial charge in [-0.15, -0.1) is 11.3 Å². The zero-order chi connectivity index (χ0) is 22.1. The van der Waals surface area contributed by atoms with Crippen LogP contribution in [0.25, 0.3) is 11.0 Å². The van der Waals surface area contributed by atoms with Gasteiger partial charge in [-0.25, -0.2) is 14.8 Å². The number of hydrogen-bond donors (Lipinski definition) is 0. The van der Waals surface area contributed by atoms with E-state index in [-0.39, 0.29) is 5.15 Å². The normalized spacial score (nSPS) is 16.2. The van der Waals surface area contributed by atoms with Crippen LogP contribution in [0.5, 0.6) is 0 Å². The molecule has 0 aliphatic carbocycles. The number of carbonyl (C=O) groups excluding carboxylic acids is 2. The summed E-state index contributed by atoms with van der Waals surface area (Å²) in [4.78, 5) is 29.9. The molecule has 0 aromatic carbocycles. The highest BCUT2D eigenvalue weighted by Crippen LogP contribution is 2.33. The van der Waals surface area contributed by atoms with E-state index in [4.69, 9.17) is 25.2 Å². The lowest BCUT2D eigenvalue weighted by molar-refractivity contribution is -0.149. The molecule has 4 aromatic rings. The summed E-state index contributed by atoms with van der Waals surface area (Å²) in [6.45, 7) is -0.483. The summed E-state index contributed by atoms with van der Waals surface area (Å²) in [6, 6.07) is 6.56. The lowest BCUT2D eigenvalue weighted by Crippen LogP contribution is -2.31. The number of thiazole rings is 1. The molecule has 1 atom stereocenters. The van der Waals surface area contributed by atoms with Crippen LogP contribution in [0.3, 0.4) is 0 Å². The predicted octanol–water partition coefficient (Wildman–Crippen LogP) is 4.17. The van der Waals surface area contributed by atoms with Gasteiger partial charge in [0.25, 0.3) is 5.91 Å². The molecule has 1 aliphatic rings. The molecule has 32 heavy (non-hydrogen) atoms. The number of imidazole rings is 1. The molecule has 0 radical (unpaired) electrons. The Labute approximate surface area is 190 Å². The van der Waals surface area contributed by atoms with Gasteiger partial charge in [0, 0.05) is 24.1 Å². The van der Waals surface area contributed by atoms with E-state index in [1.54, 1.807) is 34.9 Å². The molecule has 0 N–H and O–H groups in total. The van der Waals surface area contributed by atoms with Crippen LogP contribution in [0.4, 0.5) is 0 Å². The maximum atomic E-state index is 12.8. The first-order valence-corrected chi connectivity index (χ1v) is 10.8. The van der Waals surface area contributed by atoms with Crippen LogP contribution in [0.15, 0.2) is 68.4 Å². The van der Waals surface area contributed by atoms with Gasteiger partial charge in [0.2, 0.25) is 0 Å². The van der Waals surface area contributed by atoms with E-state index < -0.39 is 24.5 Å². The van der Waals surface area contributed by atoms with Crippen molar-refractivity contribution in [1.29, 1.82) is 0 Å². The van der Waals surface area contributed by atoms with E-state index in [1.807, 2.05) is 5.38 Å². The molecule has 0 saturated heterocycles. The van der Waals surface area contributed by atoms with E-state index in [0.29, 0.717) is 34.3 Å². The maximum absolute atomic E-state index is 12.8. The van der Waals surface area contributed by atoms with Crippen LogP contribution in [-0.4, -0.2) is 38.6 Å². The molecule has 0 bridgehead atoms. The summed E-state index contributed by atoms with van der Waals surface area (Å²) in [7, 11) is 0. The summed E-state index contributed by atoms with van der Waals surface area (Å²) < 4.78 is 17.8. The molecule has 0 saturated carbocycles. The minimum atomic E-state index is -0.691. The lowest BCUT2D eigenvalue weighted by Gasteiger charge is -2.19. The number of rotatable bonds is 6. The summed E-state index contributed by atoms with van der Waals surface area (Å²) in [6.07, 6.45) is 7.97. The number of carbonyl (C=O) groups is 2. The van der Waals surface area contributed by atoms with Crippen LogP contribution in [0.2, 0.25) is 5.15 Å². The first kappa shape index (κ1) is 20.3. The molecule has 0 fully saturated rings. The van der Waals surface area contributed by atoms with E-state index in [9.17, 15) is 9.59 Å². The van der Waals surface area contributed by atoms with Crippen molar-refractivity contribution in [3.63, 3.8) is 0 Å². The van der Waals surface area contributed by atoms with Crippen LogP contribution >= 0.6 is 22.9 Å². The van der Waals surface area contributed by atoms with Crippen molar-refractivity contribution in [3.05, 3.63) is 76.8 Å². The second-order valence-electron chi connectivity index (χ2n) is 6.78. The molecule has 162 valence electrons. The number of nitrogens with zero attached hydrogens (tertiary/aromatic N) is 4. The maximum Gasteiger partial charge on any atom is 0.331 e. The number of fused-ring (bicyclic) bond motifs is 1. The summed E-state index contributed by atoms with van der Waals surface area (Å²) in [5.41, 5.74) is 1.16. The third-order valence-corrected chi connectivity index (χ3v) is 5.85. The van der Waals surface area contributed by atoms with Gasteiger partial charge in [0.1, 0.15) is 23.3 Å². The number of hydrazone groups is 1. The Hall–Kier alpha value is -3.63. The van der Waals surface area contributed by atoms with E-state index in [0.717, 1.165) is 0 Å². The Bertz CT molecular complexity index is 1320. The van der Waals surface area contributed by atoms with Crippen molar-refractivity contribution in [1.82, 2.24) is 14.4 Å². The van der Waals surface area contributed by atoms with Crippen molar-refractivity contribution in [2.24, 2.45) is 5.10 Å². The zero-order valence-corrected chi connectivity index (χ0v) is 18.0. The smallest absolute Gasteiger partial charge is 0.331 e. The molecule has 11 heteroatoms. The average Bonchev–Trinajstić information content (AvgIpc) is 3.57. The van der Waals surface area contributed by atoms with Crippen molar-refractivity contribution >= 4 is 51.6 Å². The van der Waals surface area contributed by atoms with Gasteiger partial charge < -0.3 is 13.6 Å². The van der Waals surface area contributed by atoms with Crippen molar-refractivity contribution in [2.45, 2.75) is 12.5 Å². The molecule has 0 unspecified atom stereocenters. The van der Waals surface area contributed by atoms with Crippen LogP contribution in [0.1, 0.15) is 29.7 Å². The summed E-state index contributed by atoms with van der Waals surface area (Å²) in [5, 5.41) is 7.77. The fourth-order valence-electron chi connectivity index (χ4n) is 3.35. The van der Waals surface area contributed by atoms with Crippen LogP contribution in [-0.2, 0) is 14.3 Å². The molecule has 5 rings (SSSR count). The van der Waals surface area contributed by atoms with Crippen LogP contribution in [0, 0.1) is 0 Å². The highest BCUT2D eigenvalue weighted by atomic mass is 35.5. The van der Waals surface area contributed by atoms with Gasteiger partial charge in [-0.1, -0.05) is 11.6 Å². The second-order valence-corrected chi connectivity index (χ2v) is 8.01. The van der Waals surface area contributed by atoms with Gasteiger partial charge in [0.15, 0.2) is 16.7 Å². The molecular formula is C21H15ClN4O5S. The van der Waals surface area contributed by atoms with Gasteiger partial charge in [0.05, 0.1) is 18.2 Å². The Kier molecular flexibility index (Phi) is 5.38. The van der Waals surface area contributed by atoms with Crippen LogP contribution < -0.4 is 0 Å². The van der Waals surface area contributed by atoms with Gasteiger partial charge in [-0.05, 0) is 30.3 Å². The number of amides is 1. The first-order chi connectivity index (χ1) is 15.6. The number of ether oxygens (including phenoxy) is 1. The molecule has 1 aliphatic heterocycles. The van der Waals surface area contributed by atoms with Gasteiger partial charge >= 0.3 is 5.97 Å². The zero-order valence-electron chi connectivity index (χ0n) is 16.4. The van der Waals surface area contributed by atoms with E-state index >= 15 is 0 Å². The number of furan rings is 2. The Balaban J connectivity index is 1.27. The highest BCUT2D eigenvalue weighted by molar-refractivity contribution is 7.15. The number of aromatic nitrogens is 2. The number of hydrogen-bond acceptors (Lipinski definition) is 8. The van der Waals surface area contributed by atoms with Crippen molar-refractivity contribution in [2.75, 3.05) is 6.61 Å². The fraction of sp³-hybridized carbons (Fsp3) is 0.143. The van der Waals surface area contributed by atoms with Gasteiger partial charge in [-0.3, -0.25) is 9.20 Å². The predicted molar refractivity (Wildman–Crippen MR) is 116 cm³/mol. The monoisotopic (exact) mass is 470 g/mol. The Morgan fingerprint density at radius 1 is 1.28 bits per heavy atom. The van der Waals surface area contributed by atoms with E-state index in [1.165, 1.54) is 41.0 Å². The average molecular weight is 471 g/mol. The molecule has 9 nitrogen and oxygen atoms in total. The van der Waals surface area contributed by atoms with E-state index in [2.05, 4.69) is 10.1 Å². The minimum absolute atomic E-state index is 0.273. The fourth-order valence-corrected chi connectivity index (χ4v) is 4.36. The third-order valence-electron chi connectivity index (χ3n) is 4.81. The summed E-state index contributed by atoms with van der Waals surface area (Å²) in [5.74, 6) is -0.0415. The largest absolute Gasteiger partial charge is 0.467 e. The molecule has 0 spiro atoms. The molecular weight excluding hydrogens is 456 g/mol. The molecule has 4 aromatic heterocycles. The number of halogens is 1. The molecule has 1 amide bonds.